The molecule has 18 heavy (non-hydrogen) atoms. The summed E-state index contributed by atoms with van der Waals surface area (Å²) in [5.74, 6) is 0.317. The van der Waals surface area contributed by atoms with Crippen molar-refractivity contribution in [3.63, 3.8) is 0 Å². The average Bonchev–Trinajstić information content (AvgIpc) is 2.37. The molecule has 0 amide bonds. The van der Waals surface area contributed by atoms with Crippen LogP contribution in [-0.4, -0.2) is 5.11 Å². The molecule has 0 radical (unpaired) electrons. The predicted octanol–water partition coefficient (Wildman–Crippen LogP) is 3.55. The first-order valence-corrected chi connectivity index (χ1v) is 6.23. The number of benzene rings is 2. The molecule has 0 bridgehead atoms. The molecule has 0 saturated carbocycles. The molecule has 0 aliphatic carbocycles. The predicted molar refractivity (Wildman–Crippen MR) is 74.5 cm³/mol. The Morgan fingerprint density at radius 1 is 1.11 bits per heavy atom. The first kappa shape index (κ1) is 12.7. The molecule has 2 aromatic carbocycles. The first-order chi connectivity index (χ1) is 8.66. The van der Waals surface area contributed by atoms with E-state index >= 15 is 0 Å². The summed E-state index contributed by atoms with van der Waals surface area (Å²) in [7, 11) is 0. The third kappa shape index (κ3) is 3.11. The Labute approximate surface area is 108 Å². The van der Waals surface area contributed by atoms with E-state index in [0.29, 0.717) is 5.75 Å². The standard InChI is InChI=1S/C16H19NO/c1-12-6-3-4-7-15(12)11-17-13(2)14-8-5-9-16(18)10-14/h3-10,13,17-18H,11H2,1-2H3. The molecular formula is C16H19NO. The number of hydrogen-bond acceptors (Lipinski definition) is 2. The van der Waals surface area contributed by atoms with Gasteiger partial charge in [-0.1, -0.05) is 36.4 Å². The summed E-state index contributed by atoms with van der Waals surface area (Å²) in [6, 6.07) is 16.0. The van der Waals surface area contributed by atoms with Crippen molar-refractivity contribution in [2.24, 2.45) is 0 Å². The lowest BCUT2D eigenvalue weighted by Gasteiger charge is -2.15. The lowest BCUT2D eigenvalue weighted by molar-refractivity contribution is 0.472. The Morgan fingerprint density at radius 3 is 2.61 bits per heavy atom. The average molecular weight is 241 g/mol. The fraction of sp³-hybridized carbons (Fsp3) is 0.250. The van der Waals surface area contributed by atoms with Gasteiger partial charge in [0.2, 0.25) is 0 Å². The number of rotatable bonds is 4. The molecule has 0 spiro atoms. The van der Waals surface area contributed by atoms with Crippen LogP contribution in [0.4, 0.5) is 0 Å². The van der Waals surface area contributed by atoms with Crippen molar-refractivity contribution in [2.45, 2.75) is 26.4 Å². The highest BCUT2D eigenvalue weighted by atomic mass is 16.3. The smallest absolute Gasteiger partial charge is 0.115 e. The number of aromatic hydroxyl groups is 1. The summed E-state index contributed by atoms with van der Waals surface area (Å²) in [6.45, 7) is 5.06. The molecule has 2 nitrogen and oxygen atoms in total. The molecular weight excluding hydrogens is 222 g/mol. The normalized spacial score (nSPS) is 12.3. The van der Waals surface area contributed by atoms with Crippen LogP contribution >= 0.6 is 0 Å². The minimum Gasteiger partial charge on any atom is -0.508 e. The number of phenols is 1. The molecule has 0 saturated heterocycles. The van der Waals surface area contributed by atoms with E-state index < -0.39 is 0 Å². The van der Waals surface area contributed by atoms with Gasteiger partial charge in [-0.15, -0.1) is 0 Å². The second-order valence-electron chi connectivity index (χ2n) is 4.62. The van der Waals surface area contributed by atoms with Gasteiger partial charge in [-0.3, -0.25) is 0 Å². The molecule has 1 unspecified atom stereocenters. The summed E-state index contributed by atoms with van der Waals surface area (Å²) >= 11 is 0. The van der Waals surface area contributed by atoms with Crippen LogP contribution in [-0.2, 0) is 6.54 Å². The van der Waals surface area contributed by atoms with Crippen molar-refractivity contribution in [1.29, 1.82) is 0 Å². The second-order valence-corrected chi connectivity index (χ2v) is 4.62. The fourth-order valence-corrected chi connectivity index (χ4v) is 1.98. The Kier molecular flexibility index (Phi) is 4.00. The van der Waals surface area contributed by atoms with E-state index in [9.17, 15) is 5.11 Å². The maximum atomic E-state index is 9.46. The maximum absolute atomic E-state index is 9.46. The Bertz CT molecular complexity index is 522. The van der Waals surface area contributed by atoms with Gasteiger partial charge in [0, 0.05) is 12.6 Å². The topological polar surface area (TPSA) is 32.3 Å². The van der Waals surface area contributed by atoms with Gasteiger partial charge in [0.1, 0.15) is 5.75 Å². The maximum Gasteiger partial charge on any atom is 0.115 e. The van der Waals surface area contributed by atoms with Crippen LogP contribution in [0.1, 0.15) is 29.7 Å². The van der Waals surface area contributed by atoms with Crippen molar-refractivity contribution in [2.75, 3.05) is 0 Å². The molecule has 94 valence electrons. The molecule has 0 aliphatic heterocycles. The molecule has 0 aromatic heterocycles. The molecule has 0 aliphatic rings. The highest BCUT2D eigenvalue weighted by molar-refractivity contribution is 5.30. The minimum atomic E-state index is 0.219. The summed E-state index contributed by atoms with van der Waals surface area (Å²) < 4.78 is 0. The quantitative estimate of drug-likeness (QED) is 0.858. The lowest BCUT2D eigenvalue weighted by Crippen LogP contribution is -2.18. The Morgan fingerprint density at radius 2 is 1.89 bits per heavy atom. The third-order valence-corrected chi connectivity index (χ3v) is 3.23. The third-order valence-electron chi connectivity index (χ3n) is 3.23. The van der Waals surface area contributed by atoms with Crippen LogP contribution in [0.2, 0.25) is 0 Å². The zero-order chi connectivity index (χ0) is 13.0. The largest absolute Gasteiger partial charge is 0.508 e. The van der Waals surface area contributed by atoms with Crippen molar-refractivity contribution in [3.05, 3.63) is 65.2 Å². The van der Waals surface area contributed by atoms with Gasteiger partial charge in [-0.05, 0) is 42.7 Å². The van der Waals surface area contributed by atoms with Crippen LogP contribution < -0.4 is 5.32 Å². The summed E-state index contributed by atoms with van der Waals surface area (Å²) in [6.07, 6.45) is 0. The van der Waals surface area contributed by atoms with Gasteiger partial charge in [0.15, 0.2) is 0 Å². The minimum absolute atomic E-state index is 0.219. The zero-order valence-corrected chi connectivity index (χ0v) is 10.9. The van der Waals surface area contributed by atoms with Gasteiger partial charge in [-0.25, -0.2) is 0 Å². The summed E-state index contributed by atoms with van der Waals surface area (Å²) in [5, 5.41) is 12.9. The Balaban J connectivity index is 2.00. The number of hydrogen-bond donors (Lipinski definition) is 2. The monoisotopic (exact) mass is 241 g/mol. The summed E-state index contributed by atoms with van der Waals surface area (Å²) in [5.41, 5.74) is 3.71. The Hall–Kier alpha value is -1.80. The summed E-state index contributed by atoms with van der Waals surface area (Å²) in [4.78, 5) is 0. The number of phenolic OH excluding ortho intramolecular Hbond substituents is 1. The van der Waals surface area contributed by atoms with Crippen LogP contribution in [0.5, 0.6) is 5.75 Å². The van der Waals surface area contributed by atoms with E-state index in [0.717, 1.165) is 12.1 Å². The van der Waals surface area contributed by atoms with Gasteiger partial charge >= 0.3 is 0 Å². The van der Waals surface area contributed by atoms with E-state index in [1.165, 1.54) is 11.1 Å². The van der Waals surface area contributed by atoms with Gasteiger partial charge in [0.05, 0.1) is 0 Å². The number of nitrogens with one attached hydrogen (secondary N) is 1. The van der Waals surface area contributed by atoms with Crippen molar-refractivity contribution < 1.29 is 5.11 Å². The van der Waals surface area contributed by atoms with E-state index in [2.05, 4.69) is 43.4 Å². The highest BCUT2D eigenvalue weighted by Gasteiger charge is 2.06. The van der Waals surface area contributed by atoms with Crippen LogP contribution in [0, 0.1) is 6.92 Å². The van der Waals surface area contributed by atoms with Crippen molar-refractivity contribution >= 4 is 0 Å². The van der Waals surface area contributed by atoms with E-state index in [-0.39, 0.29) is 6.04 Å². The SMILES string of the molecule is Cc1ccccc1CNC(C)c1cccc(O)c1. The van der Waals surface area contributed by atoms with E-state index in [1.54, 1.807) is 12.1 Å². The molecule has 0 heterocycles. The lowest BCUT2D eigenvalue weighted by atomic mass is 10.1. The molecule has 1 atom stereocenters. The highest BCUT2D eigenvalue weighted by Crippen LogP contribution is 2.18. The van der Waals surface area contributed by atoms with E-state index in [4.69, 9.17) is 0 Å². The number of aryl methyl sites for hydroxylation is 1. The molecule has 2 aromatic rings. The van der Waals surface area contributed by atoms with Gasteiger partial charge < -0.3 is 10.4 Å². The molecule has 2 heteroatoms. The molecule has 2 N–H and O–H groups in total. The van der Waals surface area contributed by atoms with E-state index in [1.807, 2.05) is 12.1 Å². The van der Waals surface area contributed by atoms with Crippen LogP contribution in [0.3, 0.4) is 0 Å². The molecule has 2 rings (SSSR count). The van der Waals surface area contributed by atoms with Gasteiger partial charge in [-0.2, -0.15) is 0 Å². The van der Waals surface area contributed by atoms with Gasteiger partial charge in [0.25, 0.3) is 0 Å². The van der Waals surface area contributed by atoms with Crippen molar-refractivity contribution in [3.8, 4) is 5.75 Å². The first-order valence-electron chi connectivity index (χ1n) is 6.23. The van der Waals surface area contributed by atoms with Crippen LogP contribution in [0.15, 0.2) is 48.5 Å². The second kappa shape index (κ2) is 5.69. The fourth-order valence-electron chi connectivity index (χ4n) is 1.98. The zero-order valence-electron chi connectivity index (χ0n) is 10.9. The van der Waals surface area contributed by atoms with Crippen molar-refractivity contribution in [1.82, 2.24) is 5.32 Å². The van der Waals surface area contributed by atoms with Crippen LogP contribution in [0.25, 0.3) is 0 Å². The molecule has 0 fully saturated rings.